The van der Waals surface area contributed by atoms with Crippen LogP contribution < -0.4 is 5.73 Å². The maximum atomic E-state index is 12.6. The quantitative estimate of drug-likeness (QED) is 0.818. The van der Waals surface area contributed by atoms with Gasteiger partial charge in [0.1, 0.15) is 9.84 Å². The first-order valence-corrected chi connectivity index (χ1v) is 10.4. The molecule has 1 aliphatic carbocycles. The van der Waals surface area contributed by atoms with E-state index in [1.807, 2.05) is 0 Å². The molecule has 7 heteroatoms. The molecule has 2 N–H and O–H groups in total. The first-order chi connectivity index (χ1) is 9.29. The van der Waals surface area contributed by atoms with E-state index < -0.39 is 20.6 Å². The van der Waals surface area contributed by atoms with Crippen LogP contribution >= 0.6 is 15.9 Å². The van der Waals surface area contributed by atoms with E-state index in [4.69, 9.17) is 5.73 Å². The van der Waals surface area contributed by atoms with Crippen LogP contribution in [0.15, 0.2) is 27.6 Å². The highest BCUT2D eigenvalue weighted by Crippen LogP contribution is 2.32. The van der Waals surface area contributed by atoms with Crippen LogP contribution in [0.2, 0.25) is 0 Å². The number of halogens is 1. The van der Waals surface area contributed by atoms with Crippen LogP contribution in [-0.2, 0) is 20.6 Å². The number of hydrogen-bond acceptors (Lipinski definition) is 4. The fraction of sp³-hybridized carbons (Fsp3) is 0.538. The number of sulfone groups is 1. The van der Waals surface area contributed by atoms with Gasteiger partial charge in [0.05, 0.1) is 20.9 Å². The largest absolute Gasteiger partial charge is 0.398 e. The van der Waals surface area contributed by atoms with Gasteiger partial charge in [0, 0.05) is 21.7 Å². The summed E-state index contributed by atoms with van der Waals surface area (Å²) in [4.78, 5) is 0.604. The van der Waals surface area contributed by atoms with Crippen molar-refractivity contribution in [2.24, 2.45) is 0 Å². The van der Waals surface area contributed by atoms with Crippen molar-refractivity contribution in [2.75, 3.05) is 12.0 Å². The SMILES string of the molecule is CS(=O)(=O)C1CCCC(S(=O)c2ccc(Br)cc2N)C1. The first-order valence-electron chi connectivity index (χ1n) is 6.43. The van der Waals surface area contributed by atoms with E-state index in [0.29, 0.717) is 23.4 Å². The molecule has 0 spiro atoms. The van der Waals surface area contributed by atoms with Gasteiger partial charge in [-0.25, -0.2) is 8.42 Å². The molecule has 1 fully saturated rings. The molecule has 3 unspecified atom stereocenters. The first kappa shape index (κ1) is 16.0. The van der Waals surface area contributed by atoms with Crippen LogP contribution in [0.5, 0.6) is 0 Å². The summed E-state index contributed by atoms with van der Waals surface area (Å²) in [5, 5.41) is -0.506. The van der Waals surface area contributed by atoms with Crippen LogP contribution in [0, 0.1) is 0 Å². The van der Waals surface area contributed by atoms with Crippen LogP contribution in [-0.4, -0.2) is 29.4 Å². The normalized spacial score (nSPS) is 25.3. The molecule has 0 aliphatic heterocycles. The molecule has 1 saturated carbocycles. The van der Waals surface area contributed by atoms with Gasteiger partial charge in [-0.1, -0.05) is 22.4 Å². The van der Waals surface area contributed by atoms with Gasteiger partial charge in [0.15, 0.2) is 0 Å². The molecule has 0 radical (unpaired) electrons. The van der Waals surface area contributed by atoms with Gasteiger partial charge < -0.3 is 5.73 Å². The van der Waals surface area contributed by atoms with Crippen molar-refractivity contribution in [2.45, 2.75) is 41.1 Å². The Morgan fingerprint density at radius 1 is 1.35 bits per heavy atom. The van der Waals surface area contributed by atoms with Crippen LogP contribution in [0.25, 0.3) is 0 Å². The smallest absolute Gasteiger partial charge is 0.150 e. The molecule has 112 valence electrons. The third kappa shape index (κ3) is 3.62. The maximum absolute atomic E-state index is 12.6. The van der Waals surface area contributed by atoms with Crippen molar-refractivity contribution in [3.05, 3.63) is 22.7 Å². The molecule has 2 rings (SSSR count). The van der Waals surface area contributed by atoms with Crippen LogP contribution in [0.3, 0.4) is 0 Å². The van der Waals surface area contributed by atoms with Crippen molar-refractivity contribution < 1.29 is 12.6 Å². The molecule has 3 atom stereocenters. The highest BCUT2D eigenvalue weighted by atomic mass is 79.9. The standard InChI is InChI=1S/C13H18BrNO3S2/c1-20(17,18)11-4-2-3-10(8-11)19(16)13-6-5-9(14)7-12(13)15/h5-7,10-11H,2-4,8,15H2,1H3. The summed E-state index contributed by atoms with van der Waals surface area (Å²) in [6.07, 6.45) is 3.97. The number of nitrogen functional groups attached to an aromatic ring is 1. The Morgan fingerprint density at radius 3 is 2.65 bits per heavy atom. The van der Waals surface area contributed by atoms with Crippen molar-refractivity contribution in [3.8, 4) is 0 Å². The fourth-order valence-electron chi connectivity index (χ4n) is 2.57. The maximum Gasteiger partial charge on any atom is 0.150 e. The average molecular weight is 380 g/mol. The summed E-state index contributed by atoms with van der Waals surface area (Å²) in [7, 11) is -4.32. The van der Waals surface area contributed by atoms with Gasteiger partial charge in [0.25, 0.3) is 0 Å². The van der Waals surface area contributed by atoms with E-state index in [1.165, 1.54) is 6.26 Å². The molecule has 1 aromatic carbocycles. The lowest BCUT2D eigenvalue weighted by Crippen LogP contribution is -2.32. The molecule has 4 nitrogen and oxygen atoms in total. The van der Waals surface area contributed by atoms with E-state index in [2.05, 4.69) is 15.9 Å². The number of anilines is 1. The highest BCUT2D eigenvalue weighted by molar-refractivity contribution is 9.10. The molecule has 1 aliphatic rings. The monoisotopic (exact) mass is 379 g/mol. The van der Waals surface area contributed by atoms with Crippen LogP contribution in [0.1, 0.15) is 25.7 Å². The van der Waals surface area contributed by atoms with E-state index in [0.717, 1.165) is 17.3 Å². The Labute approximate surface area is 130 Å². The van der Waals surface area contributed by atoms with Crippen molar-refractivity contribution in [3.63, 3.8) is 0 Å². The van der Waals surface area contributed by atoms with E-state index in [9.17, 15) is 12.6 Å². The Kier molecular flexibility index (Phi) is 4.92. The predicted octanol–water partition coefficient (Wildman–Crippen LogP) is 2.49. The topological polar surface area (TPSA) is 77.2 Å². The predicted molar refractivity (Wildman–Crippen MR) is 85.9 cm³/mol. The lowest BCUT2D eigenvalue weighted by Gasteiger charge is -2.27. The number of nitrogens with two attached hydrogens (primary N) is 1. The number of rotatable bonds is 3. The van der Waals surface area contributed by atoms with Crippen LogP contribution in [0.4, 0.5) is 5.69 Å². The van der Waals surface area contributed by atoms with Gasteiger partial charge >= 0.3 is 0 Å². The zero-order chi connectivity index (χ0) is 14.9. The van der Waals surface area contributed by atoms with E-state index in [1.54, 1.807) is 18.2 Å². The second-order valence-electron chi connectivity index (χ2n) is 5.22. The second-order valence-corrected chi connectivity index (χ2v) is 10.2. The number of hydrogen-bond donors (Lipinski definition) is 1. The summed E-state index contributed by atoms with van der Waals surface area (Å²) in [5.41, 5.74) is 6.39. The third-order valence-electron chi connectivity index (χ3n) is 3.67. The minimum absolute atomic E-state index is 0.132. The summed E-state index contributed by atoms with van der Waals surface area (Å²) < 4.78 is 36.8. The Bertz CT molecular complexity index is 631. The van der Waals surface area contributed by atoms with E-state index >= 15 is 0 Å². The molecular weight excluding hydrogens is 362 g/mol. The lowest BCUT2D eigenvalue weighted by atomic mass is 10.00. The molecule has 0 aromatic heterocycles. The zero-order valence-electron chi connectivity index (χ0n) is 11.2. The zero-order valence-corrected chi connectivity index (χ0v) is 14.4. The molecule has 20 heavy (non-hydrogen) atoms. The molecule has 1 aromatic rings. The van der Waals surface area contributed by atoms with Gasteiger partial charge in [-0.3, -0.25) is 4.21 Å². The summed E-state index contributed by atoms with van der Waals surface area (Å²) in [5.74, 6) is 0. The second kappa shape index (κ2) is 6.15. The Balaban J connectivity index is 2.21. The lowest BCUT2D eigenvalue weighted by molar-refractivity contribution is 0.487. The van der Waals surface area contributed by atoms with Crippen molar-refractivity contribution in [1.82, 2.24) is 0 Å². The molecule has 0 amide bonds. The average Bonchev–Trinajstić information content (AvgIpc) is 2.37. The minimum atomic E-state index is -3.06. The third-order valence-corrected chi connectivity index (χ3v) is 7.65. The van der Waals surface area contributed by atoms with Gasteiger partial charge in [-0.05, 0) is 37.5 Å². The van der Waals surface area contributed by atoms with E-state index in [-0.39, 0.29) is 10.5 Å². The molecule has 0 bridgehead atoms. The molecular formula is C13H18BrNO3S2. The fourth-order valence-corrected chi connectivity index (χ4v) is 5.89. The van der Waals surface area contributed by atoms with Gasteiger partial charge in [0.2, 0.25) is 0 Å². The summed E-state index contributed by atoms with van der Waals surface area (Å²) >= 11 is 3.32. The minimum Gasteiger partial charge on any atom is -0.398 e. The van der Waals surface area contributed by atoms with Crippen molar-refractivity contribution >= 4 is 42.3 Å². The molecule has 0 heterocycles. The van der Waals surface area contributed by atoms with Crippen molar-refractivity contribution in [1.29, 1.82) is 0 Å². The van der Waals surface area contributed by atoms with Gasteiger partial charge in [-0.15, -0.1) is 0 Å². The summed E-state index contributed by atoms with van der Waals surface area (Å²) in [6, 6.07) is 5.28. The number of benzene rings is 1. The van der Waals surface area contributed by atoms with Gasteiger partial charge in [-0.2, -0.15) is 0 Å². The Hall–Kier alpha value is -0.400. The molecule has 0 saturated heterocycles. The Morgan fingerprint density at radius 2 is 2.05 bits per heavy atom. The summed E-state index contributed by atoms with van der Waals surface area (Å²) in [6.45, 7) is 0. The highest BCUT2D eigenvalue weighted by Gasteiger charge is 2.32.